The van der Waals surface area contributed by atoms with E-state index < -0.39 is 11.8 Å². The molecule has 3 rings (SSSR count). The number of halogens is 1. The van der Waals surface area contributed by atoms with Crippen LogP contribution in [0.2, 0.25) is 5.02 Å². The number of rotatable bonds is 4. The molecule has 128 valence electrons. The van der Waals surface area contributed by atoms with Crippen molar-refractivity contribution in [2.24, 2.45) is 5.73 Å². The highest BCUT2D eigenvalue weighted by molar-refractivity contribution is 6.31. The Morgan fingerprint density at radius 3 is 2.80 bits per heavy atom. The van der Waals surface area contributed by atoms with Crippen LogP contribution in [0.1, 0.15) is 10.4 Å². The number of nitrogens with zero attached hydrogens (tertiary/aromatic N) is 1. The summed E-state index contributed by atoms with van der Waals surface area (Å²) in [4.78, 5) is 36.9. The highest BCUT2D eigenvalue weighted by atomic mass is 35.5. The summed E-state index contributed by atoms with van der Waals surface area (Å²) in [5.74, 6) is -0.894. The van der Waals surface area contributed by atoms with E-state index in [1.165, 1.54) is 11.0 Å². The smallest absolute Gasteiger partial charge is 0.265 e. The molecule has 0 radical (unpaired) electrons. The summed E-state index contributed by atoms with van der Waals surface area (Å²) in [7, 11) is 0. The maximum absolute atomic E-state index is 12.3. The van der Waals surface area contributed by atoms with E-state index in [9.17, 15) is 14.4 Å². The minimum atomic E-state index is -0.594. The Kier molecular flexibility index (Phi) is 4.58. The Morgan fingerprint density at radius 2 is 2.04 bits per heavy atom. The van der Waals surface area contributed by atoms with Crippen molar-refractivity contribution < 1.29 is 19.1 Å². The van der Waals surface area contributed by atoms with Gasteiger partial charge in [-0.2, -0.15) is 0 Å². The average molecular weight is 360 g/mol. The Hall–Kier alpha value is -3.06. The molecule has 0 unspecified atom stereocenters. The molecular formula is C17H14ClN3O4. The quantitative estimate of drug-likeness (QED) is 0.869. The number of carbonyl (C=O) groups is 3. The van der Waals surface area contributed by atoms with Gasteiger partial charge in [0, 0.05) is 16.3 Å². The van der Waals surface area contributed by atoms with Crippen LogP contribution >= 0.6 is 11.6 Å². The largest absolute Gasteiger partial charge is 0.482 e. The van der Waals surface area contributed by atoms with Crippen LogP contribution in [-0.2, 0) is 9.59 Å². The molecule has 3 amide bonds. The summed E-state index contributed by atoms with van der Waals surface area (Å²) < 4.78 is 5.33. The molecule has 1 heterocycles. The molecule has 0 saturated heterocycles. The van der Waals surface area contributed by atoms with Gasteiger partial charge >= 0.3 is 0 Å². The van der Waals surface area contributed by atoms with E-state index in [-0.39, 0.29) is 24.6 Å². The van der Waals surface area contributed by atoms with Gasteiger partial charge in [0.05, 0.1) is 5.69 Å². The lowest BCUT2D eigenvalue weighted by atomic mass is 10.2. The minimum absolute atomic E-state index is 0.154. The average Bonchev–Trinajstić information content (AvgIpc) is 2.58. The molecule has 25 heavy (non-hydrogen) atoms. The monoisotopic (exact) mass is 359 g/mol. The fourth-order valence-electron chi connectivity index (χ4n) is 2.44. The van der Waals surface area contributed by atoms with Crippen molar-refractivity contribution in [2.75, 3.05) is 23.4 Å². The molecule has 0 aromatic heterocycles. The summed E-state index contributed by atoms with van der Waals surface area (Å²) in [5, 5.41) is 3.06. The Labute approximate surface area is 148 Å². The SMILES string of the molecule is NC(=O)c1cccc(NC(=O)CN2C(=O)COc3ccc(Cl)cc32)c1. The zero-order valence-corrected chi connectivity index (χ0v) is 13.7. The Balaban J connectivity index is 1.77. The van der Waals surface area contributed by atoms with E-state index in [1.54, 1.807) is 36.4 Å². The molecule has 0 atom stereocenters. The van der Waals surface area contributed by atoms with Gasteiger partial charge in [0.15, 0.2) is 6.61 Å². The van der Waals surface area contributed by atoms with Crippen molar-refractivity contribution in [1.29, 1.82) is 0 Å². The fourth-order valence-corrected chi connectivity index (χ4v) is 2.61. The Morgan fingerprint density at radius 1 is 1.24 bits per heavy atom. The van der Waals surface area contributed by atoms with Gasteiger partial charge in [0.2, 0.25) is 11.8 Å². The number of primary amides is 1. The minimum Gasteiger partial charge on any atom is -0.482 e. The number of carbonyl (C=O) groups excluding carboxylic acids is 3. The zero-order chi connectivity index (χ0) is 18.0. The molecule has 2 aromatic rings. The van der Waals surface area contributed by atoms with E-state index >= 15 is 0 Å². The van der Waals surface area contributed by atoms with Crippen molar-refractivity contribution >= 4 is 40.7 Å². The number of anilines is 2. The first kappa shape index (κ1) is 16.8. The van der Waals surface area contributed by atoms with Gasteiger partial charge in [-0.15, -0.1) is 0 Å². The van der Waals surface area contributed by atoms with Crippen LogP contribution in [0, 0.1) is 0 Å². The van der Waals surface area contributed by atoms with Gasteiger partial charge in [-0.05, 0) is 36.4 Å². The molecule has 2 aromatic carbocycles. The van der Waals surface area contributed by atoms with Crippen LogP contribution in [0.25, 0.3) is 0 Å². The lowest BCUT2D eigenvalue weighted by molar-refractivity contribution is -0.123. The second-order valence-corrected chi connectivity index (χ2v) is 5.81. The van der Waals surface area contributed by atoms with Gasteiger partial charge < -0.3 is 15.8 Å². The van der Waals surface area contributed by atoms with Crippen LogP contribution in [0.3, 0.4) is 0 Å². The van der Waals surface area contributed by atoms with Crippen molar-refractivity contribution in [1.82, 2.24) is 0 Å². The van der Waals surface area contributed by atoms with Crippen LogP contribution in [0.4, 0.5) is 11.4 Å². The molecule has 1 aliphatic rings. The van der Waals surface area contributed by atoms with Crippen LogP contribution < -0.4 is 20.7 Å². The zero-order valence-electron chi connectivity index (χ0n) is 13.0. The maximum Gasteiger partial charge on any atom is 0.265 e. The van der Waals surface area contributed by atoms with E-state index in [4.69, 9.17) is 22.1 Å². The number of benzene rings is 2. The standard InChI is InChI=1S/C17H14ClN3O4/c18-11-4-5-14-13(7-11)21(16(23)9-25-14)8-15(22)20-12-3-1-2-10(6-12)17(19)24/h1-7H,8-9H2,(H2,19,24)(H,20,22). The predicted molar refractivity (Wildman–Crippen MR) is 92.9 cm³/mol. The van der Waals surface area contributed by atoms with E-state index in [0.29, 0.717) is 22.1 Å². The summed E-state index contributed by atoms with van der Waals surface area (Å²) in [6.07, 6.45) is 0. The van der Waals surface area contributed by atoms with Crippen LogP contribution in [-0.4, -0.2) is 30.9 Å². The first-order valence-electron chi connectivity index (χ1n) is 7.36. The predicted octanol–water partition coefficient (Wildman–Crippen LogP) is 1.80. The van der Waals surface area contributed by atoms with Crippen molar-refractivity contribution in [2.45, 2.75) is 0 Å². The Bertz CT molecular complexity index is 869. The highest BCUT2D eigenvalue weighted by Gasteiger charge is 2.27. The number of nitrogens with two attached hydrogens (primary N) is 1. The molecule has 0 spiro atoms. The third kappa shape index (κ3) is 3.72. The number of hydrogen-bond donors (Lipinski definition) is 2. The lowest BCUT2D eigenvalue weighted by Gasteiger charge is -2.29. The molecule has 0 saturated carbocycles. The molecule has 1 aliphatic heterocycles. The van der Waals surface area contributed by atoms with Gasteiger partial charge in [0.25, 0.3) is 5.91 Å². The van der Waals surface area contributed by atoms with Crippen LogP contribution in [0.5, 0.6) is 5.75 Å². The van der Waals surface area contributed by atoms with Gasteiger partial charge in [-0.1, -0.05) is 17.7 Å². The topological polar surface area (TPSA) is 102 Å². The van der Waals surface area contributed by atoms with E-state index in [0.717, 1.165) is 0 Å². The second-order valence-electron chi connectivity index (χ2n) is 5.37. The van der Waals surface area contributed by atoms with Crippen molar-refractivity contribution in [3.05, 3.63) is 53.1 Å². The van der Waals surface area contributed by atoms with Crippen molar-refractivity contribution in [3.8, 4) is 5.75 Å². The maximum atomic E-state index is 12.3. The normalized spacial score (nSPS) is 13.0. The molecule has 8 heteroatoms. The third-order valence-electron chi connectivity index (χ3n) is 3.60. The molecule has 0 bridgehead atoms. The molecule has 0 fully saturated rings. The molecule has 7 nitrogen and oxygen atoms in total. The van der Waals surface area contributed by atoms with Crippen LogP contribution in [0.15, 0.2) is 42.5 Å². The summed E-state index contributed by atoms with van der Waals surface area (Å²) >= 11 is 5.97. The number of nitrogens with one attached hydrogen (secondary N) is 1. The molecular weight excluding hydrogens is 346 g/mol. The number of amides is 3. The molecule has 3 N–H and O–H groups in total. The third-order valence-corrected chi connectivity index (χ3v) is 3.83. The summed E-state index contributed by atoms with van der Waals surface area (Å²) in [6, 6.07) is 11.1. The van der Waals surface area contributed by atoms with Gasteiger partial charge in [-0.3, -0.25) is 19.3 Å². The van der Waals surface area contributed by atoms with Gasteiger partial charge in [-0.25, -0.2) is 0 Å². The number of fused-ring (bicyclic) bond motifs is 1. The number of ether oxygens (including phenoxy) is 1. The first-order chi connectivity index (χ1) is 11.9. The van der Waals surface area contributed by atoms with E-state index in [2.05, 4.69) is 5.32 Å². The highest BCUT2D eigenvalue weighted by Crippen LogP contribution is 2.34. The second kappa shape index (κ2) is 6.82. The van der Waals surface area contributed by atoms with Crippen molar-refractivity contribution in [3.63, 3.8) is 0 Å². The van der Waals surface area contributed by atoms with Gasteiger partial charge in [0.1, 0.15) is 12.3 Å². The summed E-state index contributed by atoms with van der Waals surface area (Å²) in [6.45, 7) is -0.366. The number of hydrogen-bond acceptors (Lipinski definition) is 4. The molecule has 0 aliphatic carbocycles. The summed E-state index contributed by atoms with van der Waals surface area (Å²) in [5.41, 5.74) is 6.34. The fraction of sp³-hybridized carbons (Fsp3) is 0.118. The lowest BCUT2D eigenvalue weighted by Crippen LogP contribution is -2.43. The first-order valence-corrected chi connectivity index (χ1v) is 7.74. The van der Waals surface area contributed by atoms with E-state index in [1.807, 2.05) is 0 Å².